The summed E-state index contributed by atoms with van der Waals surface area (Å²) in [5.41, 5.74) is 0.374. The molecule has 1 N–H and O–H groups in total. The lowest BCUT2D eigenvalue weighted by atomic mass is 10.2. The zero-order valence-electron chi connectivity index (χ0n) is 15.1. The lowest BCUT2D eigenvalue weighted by Gasteiger charge is -2.27. The molecule has 0 bridgehead atoms. The average Bonchev–Trinajstić information content (AvgIpc) is 2.96. The molecule has 0 spiro atoms. The Hall–Kier alpha value is -2.29. The van der Waals surface area contributed by atoms with E-state index in [4.69, 9.17) is 9.47 Å². The van der Waals surface area contributed by atoms with E-state index in [-0.39, 0.29) is 42.5 Å². The van der Waals surface area contributed by atoms with Gasteiger partial charge in [0, 0.05) is 37.7 Å². The Morgan fingerprint density at radius 1 is 1.19 bits per heavy atom. The summed E-state index contributed by atoms with van der Waals surface area (Å²) in [7, 11) is -0.0890. The minimum Gasteiger partial charge on any atom is -0.497 e. The van der Waals surface area contributed by atoms with Crippen LogP contribution in [0.3, 0.4) is 0 Å². The summed E-state index contributed by atoms with van der Waals surface area (Å²) in [6.07, 6.45) is 0.433. The standard InChI is InChI=1S/C17H24N2O6S/c1-12(20)19(14-4-7-26(22,23)11-14)6-5-18-17(21)13-8-15(24-2)10-16(9-13)25-3/h8-10,14H,4-7,11H2,1-3H3,(H,18,21). The molecular formula is C17H24N2O6S. The number of hydrogen-bond donors (Lipinski definition) is 1. The normalized spacial score (nSPS) is 18.2. The summed E-state index contributed by atoms with van der Waals surface area (Å²) in [4.78, 5) is 25.7. The second-order valence-electron chi connectivity index (χ2n) is 6.13. The Morgan fingerprint density at radius 2 is 1.81 bits per heavy atom. The highest BCUT2D eigenvalue weighted by atomic mass is 32.2. The Balaban J connectivity index is 1.97. The fraction of sp³-hybridized carbons (Fsp3) is 0.529. The molecule has 0 aromatic heterocycles. The molecule has 1 aliphatic heterocycles. The minimum absolute atomic E-state index is 0.0202. The van der Waals surface area contributed by atoms with E-state index in [1.165, 1.54) is 26.0 Å². The first-order valence-electron chi connectivity index (χ1n) is 8.24. The molecular weight excluding hydrogens is 360 g/mol. The van der Waals surface area contributed by atoms with Gasteiger partial charge in [0.25, 0.3) is 5.91 Å². The number of sulfone groups is 1. The third kappa shape index (κ3) is 5.10. The van der Waals surface area contributed by atoms with Crippen LogP contribution in [0.2, 0.25) is 0 Å². The molecule has 1 heterocycles. The van der Waals surface area contributed by atoms with Crippen molar-refractivity contribution in [3.8, 4) is 11.5 Å². The van der Waals surface area contributed by atoms with E-state index in [0.29, 0.717) is 23.5 Å². The van der Waals surface area contributed by atoms with Gasteiger partial charge in [0.05, 0.1) is 25.7 Å². The maximum Gasteiger partial charge on any atom is 0.251 e. The quantitative estimate of drug-likeness (QED) is 0.733. The molecule has 1 unspecified atom stereocenters. The van der Waals surface area contributed by atoms with Crippen LogP contribution in [0.1, 0.15) is 23.7 Å². The van der Waals surface area contributed by atoms with Crippen molar-refractivity contribution in [1.29, 1.82) is 0 Å². The predicted molar refractivity (Wildman–Crippen MR) is 96.3 cm³/mol. The van der Waals surface area contributed by atoms with Gasteiger partial charge in [0.15, 0.2) is 9.84 Å². The first-order valence-corrected chi connectivity index (χ1v) is 10.1. The van der Waals surface area contributed by atoms with Crippen LogP contribution in [0.4, 0.5) is 0 Å². The molecule has 0 saturated carbocycles. The van der Waals surface area contributed by atoms with E-state index in [1.807, 2.05) is 0 Å². The summed E-state index contributed by atoms with van der Waals surface area (Å²) in [6.45, 7) is 1.87. The Morgan fingerprint density at radius 3 is 2.27 bits per heavy atom. The van der Waals surface area contributed by atoms with E-state index in [2.05, 4.69) is 5.32 Å². The maximum absolute atomic E-state index is 12.3. The van der Waals surface area contributed by atoms with Gasteiger partial charge in [-0.05, 0) is 18.6 Å². The first kappa shape index (κ1) is 20.0. The van der Waals surface area contributed by atoms with Gasteiger partial charge in [-0.1, -0.05) is 0 Å². The molecule has 1 aromatic carbocycles. The number of hydrogen-bond acceptors (Lipinski definition) is 6. The number of benzene rings is 1. The number of rotatable bonds is 7. The Kier molecular flexibility index (Phi) is 6.47. The van der Waals surface area contributed by atoms with Gasteiger partial charge in [-0.2, -0.15) is 0 Å². The topological polar surface area (TPSA) is 102 Å². The summed E-state index contributed by atoms with van der Waals surface area (Å²) >= 11 is 0. The molecule has 1 fully saturated rings. The molecule has 1 atom stereocenters. The van der Waals surface area contributed by atoms with Crippen molar-refractivity contribution in [2.75, 3.05) is 38.8 Å². The van der Waals surface area contributed by atoms with Gasteiger partial charge in [-0.15, -0.1) is 0 Å². The van der Waals surface area contributed by atoms with Crippen molar-refractivity contribution >= 4 is 21.7 Å². The van der Waals surface area contributed by atoms with E-state index >= 15 is 0 Å². The smallest absolute Gasteiger partial charge is 0.251 e. The fourth-order valence-electron chi connectivity index (χ4n) is 2.95. The van der Waals surface area contributed by atoms with Crippen LogP contribution in [-0.4, -0.2) is 70.0 Å². The van der Waals surface area contributed by atoms with Gasteiger partial charge in [0.2, 0.25) is 5.91 Å². The molecule has 9 heteroatoms. The van der Waals surface area contributed by atoms with Crippen molar-refractivity contribution in [1.82, 2.24) is 10.2 Å². The average molecular weight is 384 g/mol. The Labute approximate surface area is 153 Å². The highest BCUT2D eigenvalue weighted by Gasteiger charge is 2.33. The number of methoxy groups -OCH3 is 2. The van der Waals surface area contributed by atoms with Crippen molar-refractivity contribution in [2.45, 2.75) is 19.4 Å². The third-order valence-electron chi connectivity index (χ3n) is 4.31. The summed E-state index contributed by atoms with van der Waals surface area (Å²) in [6, 6.07) is 4.51. The van der Waals surface area contributed by atoms with Crippen molar-refractivity contribution in [3.05, 3.63) is 23.8 Å². The Bertz CT molecular complexity index is 755. The lowest BCUT2D eigenvalue weighted by Crippen LogP contribution is -2.44. The maximum atomic E-state index is 12.3. The monoisotopic (exact) mass is 384 g/mol. The van der Waals surface area contributed by atoms with Gasteiger partial charge in [-0.3, -0.25) is 9.59 Å². The van der Waals surface area contributed by atoms with Crippen molar-refractivity contribution in [2.24, 2.45) is 0 Å². The van der Waals surface area contributed by atoms with Crippen LogP contribution in [0, 0.1) is 0 Å². The largest absolute Gasteiger partial charge is 0.497 e. The van der Waals surface area contributed by atoms with Crippen LogP contribution in [0.25, 0.3) is 0 Å². The van der Waals surface area contributed by atoms with Gasteiger partial charge < -0.3 is 19.7 Å². The molecule has 2 amide bonds. The number of nitrogens with zero attached hydrogens (tertiary/aromatic N) is 1. The number of amides is 2. The summed E-state index contributed by atoms with van der Waals surface area (Å²) < 4.78 is 33.5. The third-order valence-corrected chi connectivity index (χ3v) is 6.06. The molecule has 1 saturated heterocycles. The molecule has 0 radical (unpaired) electrons. The number of carbonyl (C=O) groups excluding carboxylic acids is 2. The van der Waals surface area contributed by atoms with E-state index < -0.39 is 9.84 Å². The number of nitrogens with one attached hydrogen (secondary N) is 1. The molecule has 8 nitrogen and oxygen atoms in total. The zero-order chi connectivity index (χ0) is 19.3. The van der Waals surface area contributed by atoms with E-state index in [0.717, 1.165) is 0 Å². The number of carbonyl (C=O) groups is 2. The van der Waals surface area contributed by atoms with Crippen LogP contribution >= 0.6 is 0 Å². The van der Waals surface area contributed by atoms with Crippen molar-refractivity contribution in [3.63, 3.8) is 0 Å². The molecule has 2 rings (SSSR count). The molecule has 144 valence electrons. The SMILES string of the molecule is COc1cc(OC)cc(C(=O)NCCN(C(C)=O)C2CCS(=O)(=O)C2)c1. The fourth-order valence-corrected chi connectivity index (χ4v) is 4.68. The molecule has 1 aromatic rings. The minimum atomic E-state index is -3.08. The zero-order valence-corrected chi connectivity index (χ0v) is 16.0. The summed E-state index contributed by atoms with van der Waals surface area (Å²) in [5.74, 6) is 0.534. The second kappa shape index (κ2) is 8.39. The van der Waals surface area contributed by atoms with Crippen LogP contribution in [-0.2, 0) is 14.6 Å². The lowest BCUT2D eigenvalue weighted by molar-refractivity contribution is -0.130. The van der Waals surface area contributed by atoms with Crippen molar-refractivity contribution < 1.29 is 27.5 Å². The predicted octanol–water partition coefficient (Wildman–Crippen LogP) is 0.469. The first-order chi connectivity index (χ1) is 12.3. The van der Waals surface area contributed by atoms with Gasteiger partial charge >= 0.3 is 0 Å². The van der Waals surface area contributed by atoms with Crippen LogP contribution in [0.15, 0.2) is 18.2 Å². The van der Waals surface area contributed by atoms with Crippen LogP contribution < -0.4 is 14.8 Å². The van der Waals surface area contributed by atoms with Crippen LogP contribution in [0.5, 0.6) is 11.5 Å². The highest BCUT2D eigenvalue weighted by Crippen LogP contribution is 2.22. The van der Waals surface area contributed by atoms with E-state index in [1.54, 1.807) is 18.2 Å². The highest BCUT2D eigenvalue weighted by molar-refractivity contribution is 7.91. The van der Waals surface area contributed by atoms with E-state index in [9.17, 15) is 18.0 Å². The van der Waals surface area contributed by atoms with Gasteiger partial charge in [0.1, 0.15) is 11.5 Å². The summed E-state index contributed by atoms with van der Waals surface area (Å²) in [5, 5.41) is 2.74. The molecule has 1 aliphatic rings. The number of ether oxygens (including phenoxy) is 2. The second-order valence-corrected chi connectivity index (χ2v) is 8.36. The molecule has 26 heavy (non-hydrogen) atoms. The van der Waals surface area contributed by atoms with Gasteiger partial charge in [-0.25, -0.2) is 8.42 Å². The molecule has 0 aliphatic carbocycles.